The number of para-hydroxylation sites is 1. The summed E-state index contributed by atoms with van der Waals surface area (Å²) in [6, 6.07) is 18.6. The van der Waals surface area contributed by atoms with Crippen molar-refractivity contribution in [3.05, 3.63) is 88.0 Å². The summed E-state index contributed by atoms with van der Waals surface area (Å²) < 4.78 is 1.81. The fraction of sp³-hybridized carbons (Fsp3) is 0.125. The summed E-state index contributed by atoms with van der Waals surface area (Å²) in [5.41, 5.74) is 3.67. The van der Waals surface area contributed by atoms with Crippen LogP contribution in [0.15, 0.2) is 71.9 Å². The zero-order valence-corrected chi connectivity index (χ0v) is 19.2. The van der Waals surface area contributed by atoms with Gasteiger partial charge in [-0.15, -0.1) is 10.2 Å². The first-order valence-corrected chi connectivity index (χ1v) is 11.3. The van der Waals surface area contributed by atoms with Crippen molar-refractivity contribution in [1.82, 2.24) is 14.8 Å². The van der Waals surface area contributed by atoms with Crippen molar-refractivity contribution in [2.75, 3.05) is 11.1 Å². The van der Waals surface area contributed by atoms with Gasteiger partial charge >= 0.3 is 0 Å². The first kappa shape index (κ1) is 23.0. The van der Waals surface area contributed by atoms with Crippen LogP contribution >= 0.6 is 11.8 Å². The van der Waals surface area contributed by atoms with E-state index in [1.807, 2.05) is 36.6 Å². The standard InChI is InChI=1S/C24H21N5O4S/c1-15-10-11-20(16(2)12-15)28-23(19-8-3-4-9-21(19)30)26-27-24(28)34-14-22(31)25-17-6-5-7-18(13-17)29(32)33/h3-13,30H,14H2,1-2H3,(H,25,31). The normalized spacial score (nSPS) is 10.8. The molecule has 0 radical (unpaired) electrons. The van der Waals surface area contributed by atoms with E-state index in [2.05, 4.69) is 15.5 Å². The number of nitrogens with zero attached hydrogens (tertiary/aromatic N) is 4. The van der Waals surface area contributed by atoms with Gasteiger partial charge < -0.3 is 10.4 Å². The third-order valence-corrected chi connectivity index (χ3v) is 5.97. The van der Waals surface area contributed by atoms with E-state index in [9.17, 15) is 20.0 Å². The number of hydrogen-bond acceptors (Lipinski definition) is 7. The summed E-state index contributed by atoms with van der Waals surface area (Å²) in [7, 11) is 0. The lowest BCUT2D eigenvalue weighted by Crippen LogP contribution is -2.14. The minimum atomic E-state index is -0.517. The van der Waals surface area contributed by atoms with Crippen LogP contribution in [-0.2, 0) is 4.79 Å². The molecule has 34 heavy (non-hydrogen) atoms. The molecular weight excluding hydrogens is 454 g/mol. The van der Waals surface area contributed by atoms with E-state index in [-0.39, 0.29) is 23.1 Å². The number of nitrogens with one attached hydrogen (secondary N) is 1. The predicted molar refractivity (Wildman–Crippen MR) is 130 cm³/mol. The number of nitro groups is 1. The monoisotopic (exact) mass is 475 g/mol. The molecule has 0 aliphatic rings. The molecule has 2 N–H and O–H groups in total. The molecule has 0 saturated carbocycles. The molecule has 1 aromatic heterocycles. The number of amides is 1. The Morgan fingerprint density at radius 3 is 2.62 bits per heavy atom. The molecule has 1 heterocycles. The van der Waals surface area contributed by atoms with Crippen LogP contribution in [-0.4, -0.2) is 36.5 Å². The second-order valence-corrected chi connectivity index (χ2v) is 8.54. The maximum atomic E-state index is 12.6. The summed E-state index contributed by atoms with van der Waals surface area (Å²) in [6.45, 7) is 3.97. The molecule has 0 spiro atoms. The van der Waals surface area contributed by atoms with Crippen LogP contribution < -0.4 is 5.32 Å². The Bertz CT molecular complexity index is 1390. The number of phenols is 1. The SMILES string of the molecule is Cc1ccc(-n2c(SCC(=O)Nc3cccc([N+](=O)[O-])c3)nnc2-c2ccccc2O)c(C)c1. The molecule has 10 heteroatoms. The highest BCUT2D eigenvalue weighted by atomic mass is 32.2. The fourth-order valence-electron chi connectivity index (χ4n) is 3.50. The minimum absolute atomic E-state index is 0.00645. The Morgan fingerprint density at radius 1 is 1.09 bits per heavy atom. The van der Waals surface area contributed by atoms with Crippen LogP contribution in [0, 0.1) is 24.0 Å². The average Bonchev–Trinajstić information content (AvgIpc) is 3.21. The zero-order valence-electron chi connectivity index (χ0n) is 18.4. The lowest BCUT2D eigenvalue weighted by atomic mass is 10.1. The number of aromatic nitrogens is 3. The van der Waals surface area contributed by atoms with Gasteiger partial charge in [-0.05, 0) is 43.7 Å². The lowest BCUT2D eigenvalue weighted by molar-refractivity contribution is -0.384. The maximum Gasteiger partial charge on any atom is 0.271 e. The number of anilines is 1. The summed E-state index contributed by atoms with van der Waals surface area (Å²) >= 11 is 1.18. The number of non-ortho nitro benzene ring substituents is 1. The number of aromatic hydroxyl groups is 1. The lowest BCUT2D eigenvalue weighted by Gasteiger charge is -2.14. The van der Waals surface area contributed by atoms with E-state index in [0.717, 1.165) is 16.8 Å². The number of phenolic OH excluding ortho intramolecular Hbond substituents is 1. The van der Waals surface area contributed by atoms with Crippen molar-refractivity contribution in [1.29, 1.82) is 0 Å². The third-order valence-electron chi connectivity index (χ3n) is 5.04. The molecule has 0 atom stereocenters. The quantitative estimate of drug-likeness (QED) is 0.221. The van der Waals surface area contributed by atoms with E-state index < -0.39 is 4.92 Å². The Balaban J connectivity index is 1.63. The topological polar surface area (TPSA) is 123 Å². The number of thioether (sulfide) groups is 1. The molecule has 4 rings (SSSR count). The Hall–Kier alpha value is -4.18. The van der Waals surface area contributed by atoms with E-state index in [4.69, 9.17) is 0 Å². The Kier molecular flexibility index (Phi) is 6.60. The third kappa shape index (κ3) is 4.91. The fourth-order valence-corrected chi connectivity index (χ4v) is 4.24. The van der Waals surface area contributed by atoms with Crippen molar-refractivity contribution in [3.8, 4) is 22.8 Å². The van der Waals surface area contributed by atoms with Gasteiger partial charge in [0.2, 0.25) is 5.91 Å². The van der Waals surface area contributed by atoms with Gasteiger partial charge in [0.15, 0.2) is 11.0 Å². The smallest absolute Gasteiger partial charge is 0.271 e. The highest BCUT2D eigenvalue weighted by Crippen LogP contribution is 2.33. The van der Waals surface area contributed by atoms with Gasteiger partial charge in [0.1, 0.15) is 5.75 Å². The highest BCUT2D eigenvalue weighted by Gasteiger charge is 2.20. The summed E-state index contributed by atoms with van der Waals surface area (Å²) in [4.78, 5) is 23.0. The second kappa shape index (κ2) is 9.75. The van der Waals surface area contributed by atoms with Gasteiger partial charge in [0.25, 0.3) is 5.69 Å². The van der Waals surface area contributed by atoms with Crippen molar-refractivity contribution in [2.24, 2.45) is 0 Å². The molecule has 0 aliphatic heterocycles. The summed E-state index contributed by atoms with van der Waals surface area (Å²) in [5.74, 6) is 0.185. The predicted octanol–water partition coefficient (Wildman–Crippen LogP) is 4.90. The number of benzene rings is 3. The second-order valence-electron chi connectivity index (χ2n) is 7.59. The maximum absolute atomic E-state index is 12.6. The van der Waals surface area contributed by atoms with Crippen LogP contribution in [0.2, 0.25) is 0 Å². The van der Waals surface area contributed by atoms with Crippen LogP contribution in [0.25, 0.3) is 17.1 Å². The average molecular weight is 476 g/mol. The summed E-state index contributed by atoms with van der Waals surface area (Å²) in [6.07, 6.45) is 0. The van der Waals surface area contributed by atoms with Crippen LogP contribution in [0.5, 0.6) is 5.75 Å². The highest BCUT2D eigenvalue weighted by molar-refractivity contribution is 7.99. The molecule has 1 amide bonds. The summed E-state index contributed by atoms with van der Waals surface area (Å²) in [5, 5.41) is 33.1. The van der Waals surface area contributed by atoms with Gasteiger partial charge in [0.05, 0.1) is 21.9 Å². The van der Waals surface area contributed by atoms with E-state index in [0.29, 0.717) is 22.2 Å². The molecule has 0 fully saturated rings. The van der Waals surface area contributed by atoms with Crippen molar-refractivity contribution < 1.29 is 14.8 Å². The molecule has 3 aromatic carbocycles. The number of carbonyl (C=O) groups excluding carboxylic acids is 1. The Morgan fingerprint density at radius 2 is 1.88 bits per heavy atom. The number of carbonyl (C=O) groups is 1. The van der Waals surface area contributed by atoms with E-state index >= 15 is 0 Å². The number of aryl methyl sites for hydroxylation is 2. The number of nitro benzene ring substituents is 1. The number of rotatable bonds is 7. The molecule has 4 aromatic rings. The molecule has 0 unspecified atom stereocenters. The Labute approximate surface area is 199 Å². The van der Waals surface area contributed by atoms with Crippen LogP contribution in [0.4, 0.5) is 11.4 Å². The number of hydrogen-bond donors (Lipinski definition) is 2. The van der Waals surface area contributed by atoms with Crippen molar-refractivity contribution >= 4 is 29.0 Å². The van der Waals surface area contributed by atoms with Gasteiger partial charge in [0, 0.05) is 17.8 Å². The van der Waals surface area contributed by atoms with Crippen LogP contribution in [0.1, 0.15) is 11.1 Å². The molecule has 172 valence electrons. The molecule has 0 aliphatic carbocycles. The first-order chi connectivity index (χ1) is 16.3. The first-order valence-electron chi connectivity index (χ1n) is 10.3. The van der Waals surface area contributed by atoms with E-state index in [1.54, 1.807) is 30.3 Å². The molecule has 9 nitrogen and oxygen atoms in total. The molecule has 0 bridgehead atoms. The van der Waals surface area contributed by atoms with E-state index in [1.165, 1.54) is 30.0 Å². The van der Waals surface area contributed by atoms with Crippen molar-refractivity contribution in [3.63, 3.8) is 0 Å². The van der Waals surface area contributed by atoms with Crippen molar-refractivity contribution in [2.45, 2.75) is 19.0 Å². The molecule has 0 saturated heterocycles. The van der Waals surface area contributed by atoms with Gasteiger partial charge in [-0.2, -0.15) is 0 Å². The van der Waals surface area contributed by atoms with Gasteiger partial charge in [-0.3, -0.25) is 19.5 Å². The minimum Gasteiger partial charge on any atom is -0.507 e. The molecular formula is C24H21N5O4S. The van der Waals surface area contributed by atoms with Gasteiger partial charge in [-0.25, -0.2) is 0 Å². The van der Waals surface area contributed by atoms with Gasteiger partial charge in [-0.1, -0.05) is 47.7 Å². The largest absolute Gasteiger partial charge is 0.507 e. The zero-order chi connectivity index (χ0) is 24.2. The van der Waals surface area contributed by atoms with Crippen LogP contribution in [0.3, 0.4) is 0 Å².